The number of aryl methyl sites for hydroxylation is 2. The Morgan fingerprint density at radius 3 is 2.42 bits per heavy atom. The molecule has 1 fully saturated rings. The highest BCUT2D eigenvalue weighted by molar-refractivity contribution is 14.0. The van der Waals surface area contributed by atoms with Gasteiger partial charge in [0, 0.05) is 44.8 Å². The number of carbonyl (C=O) groups is 1. The molecule has 2 rings (SSSR count). The molecule has 8 nitrogen and oxygen atoms in total. The Balaban J connectivity index is 0.00000338. The molecule has 1 amide bonds. The summed E-state index contributed by atoms with van der Waals surface area (Å²) in [5.74, 6) is 1.75. The van der Waals surface area contributed by atoms with E-state index in [1.807, 2.05) is 20.8 Å². The summed E-state index contributed by atoms with van der Waals surface area (Å²) in [4.78, 5) is 20.5. The lowest BCUT2D eigenvalue weighted by Gasteiger charge is -2.35. The number of carbonyl (C=O) groups excluding carboxylic acids is 1. The summed E-state index contributed by atoms with van der Waals surface area (Å²) in [6.45, 7) is 12.4. The molecule has 0 spiro atoms. The van der Waals surface area contributed by atoms with Crippen molar-refractivity contribution in [1.82, 2.24) is 20.3 Å². The van der Waals surface area contributed by atoms with Crippen molar-refractivity contribution < 1.29 is 14.1 Å². The summed E-state index contributed by atoms with van der Waals surface area (Å²) in [6, 6.07) is 0. The minimum Gasteiger partial charge on any atom is -0.450 e. The van der Waals surface area contributed by atoms with Gasteiger partial charge in [-0.15, -0.1) is 24.0 Å². The minimum atomic E-state index is -0.234. The monoisotopic (exact) mass is 479 g/mol. The molecule has 26 heavy (non-hydrogen) atoms. The van der Waals surface area contributed by atoms with Crippen LogP contribution in [0.4, 0.5) is 4.79 Å². The molecule has 1 aromatic heterocycles. The standard InChI is InChI=1S/C17H29N5O3.HI/c1-5-18-16(19-8-7-15-13(3)20-25-14(15)4)21-9-11-22(12-10-21)17(23)24-6-2;/h5-12H2,1-4H3,(H,18,19);1H. The van der Waals surface area contributed by atoms with Crippen LogP contribution in [0.15, 0.2) is 9.52 Å². The van der Waals surface area contributed by atoms with Crippen molar-refractivity contribution in [1.29, 1.82) is 0 Å². The van der Waals surface area contributed by atoms with E-state index < -0.39 is 0 Å². The lowest BCUT2D eigenvalue weighted by Crippen LogP contribution is -2.54. The van der Waals surface area contributed by atoms with E-state index in [-0.39, 0.29) is 30.1 Å². The van der Waals surface area contributed by atoms with Crippen LogP contribution in [-0.2, 0) is 11.2 Å². The van der Waals surface area contributed by atoms with Crippen LogP contribution in [0.1, 0.15) is 30.9 Å². The molecule has 9 heteroatoms. The summed E-state index contributed by atoms with van der Waals surface area (Å²) in [5.41, 5.74) is 2.06. The maximum atomic E-state index is 11.8. The topological polar surface area (TPSA) is 83.2 Å². The quantitative estimate of drug-likeness (QED) is 0.396. The predicted molar refractivity (Wildman–Crippen MR) is 111 cm³/mol. The van der Waals surface area contributed by atoms with Gasteiger partial charge < -0.3 is 24.4 Å². The minimum absolute atomic E-state index is 0. The molecular weight excluding hydrogens is 449 g/mol. The summed E-state index contributed by atoms with van der Waals surface area (Å²) in [5, 5.41) is 7.31. The van der Waals surface area contributed by atoms with Crippen molar-refractivity contribution in [3.63, 3.8) is 0 Å². The average Bonchev–Trinajstić information content (AvgIpc) is 2.93. The van der Waals surface area contributed by atoms with E-state index in [0.717, 1.165) is 49.0 Å². The Hall–Kier alpha value is -1.52. The highest BCUT2D eigenvalue weighted by Gasteiger charge is 2.23. The third-order valence-corrected chi connectivity index (χ3v) is 4.24. The molecule has 0 bridgehead atoms. The number of rotatable bonds is 5. The summed E-state index contributed by atoms with van der Waals surface area (Å²) in [7, 11) is 0. The SMILES string of the molecule is CCNC(=NCCc1c(C)noc1C)N1CCN(C(=O)OCC)CC1.I. The van der Waals surface area contributed by atoms with Crippen LogP contribution in [0.25, 0.3) is 0 Å². The fraction of sp³-hybridized carbons (Fsp3) is 0.706. The van der Waals surface area contributed by atoms with Gasteiger partial charge in [0.1, 0.15) is 5.76 Å². The number of ether oxygens (including phenoxy) is 1. The zero-order valence-electron chi connectivity index (χ0n) is 16.1. The van der Waals surface area contributed by atoms with Gasteiger partial charge in [0.25, 0.3) is 0 Å². The number of aromatic nitrogens is 1. The average molecular weight is 479 g/mol. The largest absolute Gasteiger partial charge is 0.450 e. The van der Waals surface area contributed by atoms with Gasteiger partial charge in [-0.2, -0.15) is 0 Å². The number of amides is 1. The van der Waals surface area contributed by atoms with Crippen LogP contribution in [0.3, 0.4) is 0 Å². The van der Waals surface area contributed by atoms with E-state index in [4.69, 9.17) is 14.3 Å². The number of guanidine groups is 1. The number of piperazine rings is 1. The Labute approximate surface area is 172 Å². The number of halogens is 1. The first kappa shape index (κ1) is 22.5. The lowest BCUT2D eigenvalue weighted by molar-refractivity contribution is 0.0914. The Morgan fingerprint density at radius 1 is 1.23 bits per heavy atom. The van der Waals surface area contributed by atoms with Crippen molar-refractivity contribution in [3.8, 4) is 0 Å². The van der Waals surface area contributed by atoms with Crippen LogP contribution in [-0.4, -0.2) is 72.9 Å². The van der Waals surface area contributed by atoms with Gasteiger partial charge in [-0.05, 0) is 34.1 Å². The zero-order valence-corrected chi connectivity index (χ0v) is 18.4. The lowest BCUT2D eigenvalue weighted by atomic mass is 10.1. The normalized spacial score (nSPS) is 14.8. The smallest absolute Gasteiger partial charge is 0.409 e. The first-order valence-corrected chi connectivity index (χ1v) is 8.93. The number of hydrogen-bond acceptors (Lipinski definition) is 5. The Bertz CT molecular complexity index is 578. The van der Waals surface area contributed by atoms with Crippen molar-refractivity contribution in [2.75, 3.05) is 45.9 Å². The number of aliphatic imine (C=N–C) groups is 1. The van der Waals surface area contributed by atoms with Crippen LogP contribution >= 0.6 is 24.0 Å². The van der Waals surface area contributed by atoms with Crippen LogP contribution < -0.4 is 5.32 Å². The van der Waals surface area contributed by atoms with Crippen molar-refractivity contribution in [2.24, 2.45) is 4.99 Å². The Kier molecular flexibility index (Phi) is 9.74. The number of nitrogens with one attached hydrogen (secondary N) is 1. The molecule has 0 aromatic carbocycles. The third-order valence-electron chi connectivity index (χ3n) is 4.24. The molecule has 1 aliphatic rings. The van der Waals surface area contributed by atoms with E-state index in [1.165, 1.54) is 0 Å². The molecule has 148 valence electrons. The van der Waals surface area contributed by atoms with Crippen LogP contribution in [0, 0.1) is 13.8 Å². The molecule has 2 heterocycles. The number of nitrogens with zero attached hydrogens (tertiary/aromatic N) is 4. The zero-order chi connectivity index (χ0) is 18.2. The second kappa shape index (κ2) is 11.2. The molecule has 0 aliphatic carbocycles. The maximum Gasteiger partial charge on any atom is 0.409 e. The van der Waals surface area contributed by atoms with E-state index in [1.54, 1.807) is 4.90 Å². The highest BCUT2D eigenvalue weighted by atomic mass is 127. The van der Waals surface area contributed by atoms with Gasteiger partial charge in [0.2, 0.25) is 0 Å². The molecule has 0 saturated carbocycles. The molecule has 1 saturated heterocycles. The molecule has 0 atom stereocenters. The van der Waals surface area contributed by atoms with Crippen molar-refractivity contribution >= 4 is 36.0 Å². The molecule has 0 radical (unpaired) electrons. The fourth-order valence-electron chi connectivity index (χ4n) is 2.87. The maximum absolute atomic E-state index is 11.8. The van der Waals surface area contributed by atoms with Crippen LogP contribution in [0.5, 0.6) is 0 Å². The molecule has 1 aromatic rings. The van der Waals surface area contributed by atoms with E-state index in [2.05, 4.69) is 22.3 Å². The Morgan fingerprint density at radius 2 is 1.88 bits per heavy atom. The predicted octanol–water partition coefficient (Wildman–Crippen LogP) is 2.19. The van der Waals surface area contributed by atoms with Gasteiger partial charge in [0.05, 0.1) is 12.3 Å². The molecule has 0 unspecified atom stereocenters. The molecule has 1 N–H and O–H groups in total. The first-order valence-electron chi connectivity index (χ1n) is 8.93. The molecular formula is C17H30IN5O3. The van der Waals surface area contributed by atoms with Crippen molar-refractivity contribution in [3.05, 3.63) is 17.0 Å². The van der Waals surface area contributed by atoms with Gasteiger partial charge in [-0.1, -0.05) is 5.16 Å². The highest BCUT2D eigenvalue weighted by Crippen LogP contribution is 2.13. The summed E-state index contributed by atoms with van der Waals surface area (Å²) >= 11 is 0. The number of hydrogen-bond donors (Lipinski definition) is 1. The van der Waals surface area contributed by atoms with Gasteiger partial charge in [0.15, 0.2) is 5.96 Å². The summed E-state index contributed by atoms with van der Waals surface area (Å²) < 4.78 is 10.3. The van der Waals surface area contributed by atoms with Gasteiger partial charge in [-0.25, -0.2) is 4.79 Å². The van der Waals surface area contributed by atoms with E-state index in [0.29, 0.717) is 26.2 Å². The second-order valence-corrected chi connectivity index (χ2v) is 5.96. The van der Waals surface area contributed by atoms with Crippen molar-refractivity contribution in [2.45, 2.75) is 34.1 Å². The first-order chi connectivity index (χ1) is 12.1. The van der Waals surface area contributed by atoms with E-state index >= 15 is 0 Å². The van der Waals surface area contributed by atoms with Gasteiger partial charge in [-0.3, -0.25) is 4.99 Å². The van der Waals surface area contributed by atoms with E-state index in [9.17, 15) is 4.79 Å². The molecule has 1 aliphatic heterocycles. The van der Waals surface area contributed by atoms with Gasteiger partial charge >= 0.3 is 6.09 Å². The second-order valence-electron chi connectivity index (χ2n) is 5.96. The fourth-order valence-corrected chi connectivity index (χ4v) is 2.87. The third kappa shape index (κ3) is 6.03. The van der Waals surface area contributed by atoms with Crippen LogP contribution in [0.2, 0.25) is 0 Å². The summed E-state index contributed by atoms with van der Waals surface area (Å²) in [6.07, 6.45) is 0.571.